The minimum absolute atomic E-state index is 0.142. The molecule has 7 nitrogen and oxygen atoms in total. The lowest BCUT2D eigenvalue weighted by atomic mass is 10.2. The van der Waals surface area contributed by atoms with Crippen molar-refractivity contribution < 1.29 is 23.7 Å². The molecule has 1 N–H and O–H groups in total. The van der Waals surface area contributed by atoms with Crippen molar-refractivity contribution in [2.45, 2.75) is 20.0 Å². The summed E-state index contributed by atoms with van der Waals surface area (Å²) < 4.78 is 21.2. The van der Waals surface area contributed by atoms with Crippen LogP contribution < -0.4 is 24.3 Å². The summed E-state index contributed by atoms with van der Waals surface area (Å²) in [5.41, 5.74) is 1.89. The van der Waals surface area contributed by atoms with Crippen molar-refractivity contribution in [3.05, 3.63) is 47.5 Å². The Balaban J connectivity index is 1.62. The molecule has 0 radical (unpaired) electrons. The first-order valence-corrected chi connectivity index (χ1v) is 8.76. The van der Waals surface area contributed by atoms with Gasteiger partial charge in [0.25, 0.3) is 0 Å². The largest absolute Gasteiger partial charge is 0.497 e. The number of fused-ring (bicyclic) bond motifs is 1. The zero-order valence-corrected chi connectivity index (χ0v) is 15.8. The monoisotopic (exact) mass is 372 g/mol. The quantitative estimate of drug-likeness (QED) is 0.809. The molecule has 27 heavy (non-hydrogen) atoms. The van der Waals surface area contributed by atoms with Crippen LogP contribution in [0.2, 0.25) is 0 Å². The molecule has 1 aliphatic heterocycles. The zero-order valence-electron chi connectivity index (χ0n) is 15.8. The number of methoxy groups -OCH3 is 2. The molecule has 0 aliphatic carbocycles. The third kappa shape index (κ3) is 4.55. The average Bonchev–Trinajstić information content (AvgIpc) is 3.17. The molecule has 2 amide bonds. The summed E-state index contributed by atoms with van der Waals surface area (Å²) in [4.78, 5) is 14.3. The minimum atomic E-state index is -0.142. The SMILES string of the molecule is CCN(Cc1ccc2c(c1)OCO2)C(=O)NCc1cc(OC)cc(OC)c1. The van der Waals surface area contributed by atoms with E-state index in [1.54, 1.807) is 25.2 Å². The number of hydrogen-bond acceptors (Lipinski definition) is 5. The highest BCUT2D eigenvalue weighted by Gasteiger charge is 2.16. The van der Waals surface area contributed by atoms with E-state index in [1.165, 1.54) is 0 Å². The van der Waals surface area contributed by atoms with E-state index in [9.17, 15) is 4.79 Å². The van der Waals surface area contributed by atoms with Crippen molar-refractivity contribution in [3.63, 3.8) is 0 Å². The summed E-state index contributed by atoms with van der Waals surface area (Å²) in [5, 5.41) is 2.95. The maximum Gasteiger partial charge on any atom is 0.317 e. The number of hydrogen-bond donors (Lipinski definition) is 1. The molecule has 1 heterocycles. The first kappa shape index (κ1) is 18.7. The highest BCUT2D eigenvalue weighted by atomic mass is 16.7. The lowest BCUT2D eigenvalue weighted by Gasteiger charge is -2.22. The van der Waals surface area contributed by atoms with Gasteiger partial charge in [0, 0.05) is 25.7 Å². The van der Waals surface area contributed by atoms with Crippen LogP contribution in [0.15, 0.2) is 36.4 Å². The fraction of sp³-hybridized carbons (Fsp3) is 0.350. The molecule has 0 unspecified atom stereocenters. The molecular weight excluding hydrogens is 348 g/mol. The smallest absolute Gasteiger partial charge is 0.317 e. The predicted molar refractivity (Wildman–Crippen MR) is 100 cm³/mol. The van der Waals surface area contributed by atoms with Crippen molar-refractivity contribution in [1.29, 1.82) is 0 Å². The van der Waals surface area contributed by atoms with Crippen LogP contribution in [0.1, 0.15) is 18.1 Å². The van der Waals surface area contributed by atoms with Crippen LogP contribution >= 0.6 is 0 Å². The molecule has 0 saturated carbocycles. The molecule has 1 aliphatic rings. The van der Waals surface area contributed by atoms with E-state index in [0.717, 1.165) is 16.9 Å². The van der Waals surface area contributed by atoms with Crippen molar-refractivity contribution >= 4 is 6.03 Å². The van der Waals surface area contributed by atoms with Crippen LogP contribution in [-0.2, 0) is 13.1 Å². The summed E-state index contributed by atoms with van der Waals surface area (Å²) >= 11 is 0. The first-order chi connectivity index (χ1) is 13.1. The number of carbonyl (C=O) groups excluding carboxylic acids is 1. The second kappa shape index (κ2) is 8.53. The normalized spacial score (nSPS) is 11.8. The number of urea groups is 1. The topological polar surface area (TPSA) is 69.3 Å². The van der Waals surface area contributed by atoms with Gasteiger partial charge in [-0.05, 0) is 42.3 Å². The Morgan fingerprint density at radius 1 is 1.04 bits per heavy atom. The highest BCUT2D eigenvalue weighted by molar-refractivity contribution is 5.74. The van der Waals surface area contributed by atoms with Gasteiger partial charge in [-0.3, -0.25) is 0 Å². The fourth-order valence-electron chi connectivity index (χ4n) is 2.84. The Morgan fingerprint density at radius 2 is 1.74 bits per heavy atom. The van der Waals surface area contributed by atoms with Gasteiger partial charge >= 0.3 is 6.03 Å². The summed E-state index contributed by atoms with van der Waals surface area (Å²) in [6.07, 6.45) is 0. The van der Waals surface area contributed by atoms with Gasteiger partial charge in [-0.1, -0.05) is 6.07 Å². The van der Waals surface area contributed by atoms with Crippen molar-refractivity contribution in [2.75, 3.05) is 27.6 Å². The molecule has 3 rings (SSSR count). The molecule has 0 saturated heterocycles. The molecule has 7 heteroatoms. The van der Waals surface area contributed by atoms with Crippen molar-refractivity contribution in [1.82, 2.24) is 10.2 Å². The number of nitrogens with zero attached hydrogens (tertiary/aromatic N) is 1. The maximum absolute atomic E-state index is 12.6. The lowest BCUT2D eigenvalue weighted by molar-refractivity contribution is 0.173. The fourth-order valence-corrected chi connectivity index (χ4v) is 2.84. The molecule has 144 valence electrons. The Labute approximate surface area is 158 Å². The van der Waals surface area contributed by atoms with Crippen LogP contribution in [0.25, 0.3) is 0 Å². The average molecular weight is 372 g/mol. The van der Waals surface area contributed by atoms with Gasteiger partial charge in [0.2, 0.25) is 6.79 Å². The van der Waals surface area contributed by atoms with Gasteiger partial charge in [-0.25, -0.2) is 4.79 Å². The van der Waals surface area contributed by atoms with E-state index >= 15 is 0 Å². The molecular formula is C20H24N2O5. The van der Waals surface area contributed by atoms with Crippen molar-refractivity contribution in [2.24, 2.45) is 0 Å². The second-order valence-electron chi connectivity index (χ2n) is 6.08. The molecule has 0 aromatic heterocycles. The van der Waals surface area contributed by atoms with Gasteiger partial charge in [0.05, 0.1) is 14.2 Å². The van der Waals surface area contributed by atoms with Crippen LogP contribution in [0, 0.1) is 0 Å². The van der Waals surface area contributed by atoms with E-state index < -0.39 is 0 Å². The molecule has 0 bridgehead atoms. The predicted octanol–water partition coefficient (Wildman–Crippen LogP) is 3.16. The van der Waals surface area contributed by atoms with Crippen LogP contribution in [0.3, 0.4) is 0 Å². The van der Waals surface area contributed by atoms with Gasteiger partial charge in [0.1, 0.15) is 11.5 Å². The Kier molecular flexibility index (Phi) is 5.90. The zero-order chi connectivity index (χ0) is 19.2. The molecule has 0 spiro atoms. The van der Waals surface area contributed by atoms with Gasteiger partial charge in [-0.2, -0.15) is 0 Å². The summed E-state index contributed by atoms with van der Waals surface area (Å²) in [6, 6.07) is 11.1. The van der Waals surface area contributed by atoms with E-state index in [-0.39, 0.29) is 12.8 Å². The Bertz CT molecular complexity index is 787. The van der Waals surface area contributed by atoms with Gasteiger partial charge in [0.15, 0.2) is 11.5 Å². The Morgan fingerprint density at radius 3 is 2.41 bits per heavy atom. The lowest BCUT2D eigenvalue weighted by Crippen LogP contribution is -2.39. The van der Waals surface area contributed by atoms with E-state index in [4.69, 9.17) is 18.9 Å². The Hall–Kier alpha value is -3.09. The maximum atomic E-state index is 12.6. The number of benzene rings is 2. The number of ether oxygens (including phenoxy) is 4. The summed E-state index contributed by atoms with van der Waals surface area (Å²) in [5.74, 6) is 2.82. The second-order valence-corrected chi connectivity index (χ2v) is 6.08. The van der Waals surface area contributed by atoms with Crippen LogP contribution in [0.4, 0.5) is 4.79 Å². The summed E-state index contributed by atoms with van der Waals surface area (Å²) in [7, 11) is 3.20. The highest BCUT2D eigenvalue weighted by Crippen LogP contribution is 2.32. The standard InChI is InChI=1S/C20H24N2O5/c1-4-22(12-14-5-6-18-19(9-14)27-13-26-18)20(23)21-11-15-7-16(24-2)10-17(8-15)25-3/h5-10H,4,11-13H2,1-3H3,(H,21,23). The molecule has 0 atom stereocenters. The minimum Gasteiger partial charge on any atom is -0.497 e. The summed E-state index contributed by atoms with van der Waals surface area (Å²) in [6.45, 7) is 3.63. The number of rotatable bonds is 7. The number of carbonyl (C=O) groups is 1. The van der Waals surface area contributed by atoms with Gasteiger partial charge < -0.3 is 29.2 Å². The first-order valence-electron chi connectivity index (χ1n) is 8.76. The van der Waals surface area contributed by atoms with Crippen LogP contribution in [0.5, 0.6) is 23.0 Å². The van der Waals surface area contributed by atoms with E-state index in [2.05, 4.69) is 5.32 Å². The third-order valence-electron chi connectivity index (χ3n) is 4.33. The van der Waals surface area contributed by atoms with E-state index in [1.807, 2.05) is 37.3 Å². The molecule has 2 aromatic carbocycles. The number of nitrogens with one attached hydrogen (secondary N) is 1. The third-order valence-corrected chi connectivity index (χ3v) is 4.33. The van der Waals surface area contributed by atoms with Gasteiger partial charge in [-0.15, -0.1) is 0 Å². The number of amides is 2. The van der Waals surface area contributed by atoms with Crippen molar-refractivity contribution in [3.8, 4) is 23.0 Å². The van der Waals surface area contributed by atoms with Crippen LogP contribution in [-0.4, -0.2) is 38.5 Å². The molecule has 2 aromatic rings. The molecule has 0 fully saturated rings. The van der Waals surface area contributed by atoms with E-state index in [0.29, 0.717) is 36.9 Å².